The molecule has 1 aromatic rings. The molecule has 0 fully saturated rings. The second-order valence-electron chi connectivity index (χ2n) is 3.57. The van der Waals surface area contributed by atoms with Crippen LogP contribution in [-0.2, 0) is 4.74 Å². The molecule has 2 unspecified atom stereocenters. The van der Waals surface area contributed by atoms with Gasteiger partial charge in [-0.25, -0.2) is 9.78 Å². The molecule has 7 heteroatoms. The normalized spacial score (nSPS) is 13.9. The minimum absolute atomic E-state index is 0.114. The third kappa shape index (κ3) is 3.97. The Bertz CT molecular complexity index is 384. The molecule has 7 nitrogen and oxygen atoms in total. The fraction of sp³-hybridized carbons (Fsp3) is 0.500. The number of aliphatic hydroxyl groups excluding tert-OH is 1. The van der Waals surface area contributed by atoms with Gasteiger partial charge in [0, 0.05) is 12.6 Å². The molecule has 94 valence electrons. The van der Waals surface area contributed by atoms with Crippen molar-refractivity contribution in [1.29, 1.82) is 0 Å². The molecule has 0 aromatic carbocycles. The zero-order valence-corrected chi connectivity index (χ0v) is 9.75. The number of hydrogen-bond acceptors (Lipinski definition) is 7. The van der Waals surface area contributed by atoms with E-state index in [1.807, 2.05) is 0 Å². The predicted octanol–water partition coefficient (Wildman–Crippen LogP) is -0.617. The van der Waals surface area contributed by atoms with E-state index in [-0.39, 0.29) is 5.69 Å². The molecule has 0 radical (unpaired) electrons. The van der Waals surface area contributed by atoms with E-state index in [2.05, 4.69) is 20.0 Å². The predicted molar refractivity (Wildman–Crippen MR) is 61.5 cm³/mol. The molecule has 1 aromatic heterocycles. The lowest BCUT2D eigenvalue weighted by molar-refractivity contribution is 0.0593. The number of rotatable bonds is 5. The SMILES string of the molecule is COC(=O)c1cncc(NCC(N)C(C)O)n1. The van der Waals surface area contributed by atoms with Crippen molar-refractivity contribution in [2.75, 3.05) is 19.0 Å². The standard InChI is InChI=1S/C10H16N4O3/c1-6(15)7(11)3-13-9-5-12-4-8(14-9)10(16)17-2/h4-7,15H,3,11H2,1-2H3,(H,13,14). The van der Waals surface area contributed by atoms with Gasteiger partial charge in [-0.2, -0.15) is 0 Å². The van der Waals surface area contributed by atoms with Crippen LogP contribution in [0, 0.1) is 0 Å². The highest BCUT2D eigenvalue weighted by atomic mass is 16.5. The van der Waals surface area contributed by atoms with Crippen LogP contribution >= 0.6 is 0 Å². The zero-order chi connectivity index (χ0) is 12.8. The number of nitrogens with one attached hydrogen (secondary N) is 1. The third-order valence-electron chi connectivity index (χ3n) is 2.17. The van der Waals surface area contributed by atoms with E-state index in [1.54, 1.807) is 6.92 Å². The van der Waals surface area contributed by atoms with Gasteiger partial charge < -0.3 is 20.9 Å². The van der Waals surface area contributed by atoms with Crippen LogP contribution in [0.5, 0.6) is 0 Å². The van der Waals surface area contributed by atoms with Crippen molar-refractivity contribution in [3.63, 3.8) is 0 Å². The summed E-state index contributed by atoms with van der Waals surface area (Å²) in [5.41, 5.74) is 5.75. The highest BCUT2D eigenvalue weighted by molar-refractivity contribution is 5.87. The van der Waals surface area contributed by atoms with Gasteiger partial charge in [-0.1, -0.05) is 0 Å². The van der Waals surface area contributed by atoms with Crippen LogP contribution in [-0.4, -0.2) is 46.8 Å². The molecule has 4 N–H and O–H groups in total. The molecule has 0 amide bonds. The summed E-state index contributed by atoms with van der Waals surface area (Å²) in [7, 11) is 1.27. The lowest BCUT2D eigenvalue weighted by Crippen LogP contribution is -2.38. The topological polar surface area (TPSA) is 110 Å². The number of carbonyl (C=O) groups is 1. The van der Waals surface area contributed by atoms with Crippen LogP contribution in [0.2, 0.25) is 0 Å². The molecular weight excluding hydrogens is 224 g/mol. The lowest BCUT2D eigenvalue weighted by atomic mass is 10.2. The number of anilines is 1. The number of hydrogen-bond donors (Lipinski definition) is 3. The molecule has 0 aliphatic carbocycles. The van der Waals surface area contributed by atoms with Crippen molar-refractivity contribution in [3.05, 3.63) is 18.1 Å². The van der Waals surface area contributed by atoms with Gasteiger partial charge in [0.2, 0.25) is 0 Å². The van der Waals surface area contributed by atoms with E-state index in [0.29, 0.717) is 12.4 Å². The summed E-state index contributed by atoms with van der Waals surface area (Å²) in [6.45, 7) is 1.93. The number of nitrogens with two attached hydrogens (primary N) is 1. The summed E-state index contributed by atoms with van der Waals surface area (Å²) < 4.78 is 4.52. The number of aromatic nitrogens is 2. The lowest BCUT2D eigenvalue weighted by Gasteiger charge is -2.15. The van der Waals surface area contributed by atoms with Crippen molar-refractivity contribution < 1.29 is 14.6 Å². The first-order valence-electron chi connectivity index (χ1n) is 5.12. The van der Waals surface area contributed by atoms with E-state index in [0.717, 1.165) is 0 Å². The number of esters is 1. The maximum Gasteiger partial charge on any atom is 0.358 e. The number of ether oxygens (including phenoxy) is 1. The molecule has 1 rings (SSSR count). The summed E-state index contributed by atoms with van der Waals surface area (Å²) in [6, 6.07) is -0.418. The first kappa shape index (κ1) is 13.3. The van der Waals surface area contributed by atoms with Crippen LogP contribution in [0.4, 0.5) is 5.82 Å². The average Bonchev–Trinajstić information content (AvgIpc) is 2.35. The molecule has 0 aliphatic heterocycles. The zero-order valence-electron chi connectivity index (χ0n) is 9.75. The molecule has 0 saturated carbocycles. The second kappa shape index (κ2) is 6.12. The van der Waals surface area contributed by atoms with Crippen molar-refractivity contribution in [2.24, 2.45) is 5.73 Å². The maximum atomic E-state index is 11.2. The van der Waals surface area contributed by atoms with Gasteiger partial charge in [-0.05, 0) is 6.92 Å². The van der Waals surface area contributed by atoms with E-state index < -0.39 is 18.1 Å². The minimum atomic E-state index is -0.626. The summed E-state index contributed by atoms with van der Waals surface area (Å²) in [5, 5.41) is 12.1. The molecule has 0 bridgehead atoms. The fourth-order valence-corrected chi connectivity index (χ4v) is 1.05. The number of carbonyl (C=O) groups excluding carboxylic acids is 1. The minimum Gasteiger partial charge on any atom is -0.464 e. The van der Waals surface area contributed by atoms with Gasteiger partial charge in [-0.15, -0.1) is 0 Å². The molecule has 1 heterocycles. The van der Waals surface area contributed by atoms with Gasteiger partial charge in [0.05, 0.1) is 25.6 Å². The Morgan fingerprint density at radius 2 is 2.35 bits per heavy atom. The smallest absolute Gasteiger partial charge is 0.358 e. The van der Waals surface area contributed by atoms with E-state index in [9.17, 15) is 9.90 Å². The summed E-state index contributed by atoms with van der Waals surface area (Å²) >= 11 is 0. The van der Waals surface area contributed by atoms with Crippen LogP contribution < -0.4 is 11.1 Å². The van der Waals surface area contributed by atoms with E-state index in [4.69, 9.17) is 5.73 Å². The first-order chi connectivity index (χ1) is 8.04. The van der Waals surface area contributed by atoms with Crippen molar-refractivity contribution in [2.45, 2.75) is 19.1 Å². The van der Waals surface area contributed by atoms with Crippen molar-refractivity contribution >= 4 is 11.8 Å². The van der Waals surface area contributed by atoms with Crippen LogP contribution in [0.1, 0.15) is 17.4 Å². The number of nitrogens with zero attached hydrogens (tertiary/aromatic N) is 2. The average molecular weight is 240 g/mol. The van der Waals surface area contributed by atoms with Crippen molar-refractivity contribution in [3.8, 4) is 0 Å². The van der Waals surface area contributed by atoms with Gasteiger partial charge in [0.1, 0.15) is 5.82 Å². The van der Waals surface area contributed by atoms with Crippen LogP contribution in [0.3, 0.4) is 0 Å². The molecule has 0 saturated heterocycles. The quantitative estimate of drug-likeness (QED) is 0.588. The van der Waals surface area contributed by atoms with Gasteiger partial charge >= 0.3 is 5.97 Å². The first-order valence-corrected chi connectivity index (χ1v) is 5.12. The van der Waals surface area contributed by atoms with Crippen molar-refractivity contribution in [1.82, 2.24) is 9.97 Å². The molecule has 2 atom stereocenters. The Kier molecular flexibility index (Phi) is 4.80. The summed E-state index contributed by atoms with van der Waals surface area (Å²) in [4.78, 5) is 19.0. The highest BCUT2D eigenvalue weighted by Crippen LogP contribution is 2.03. The Balaban J connectivity index is 2.63. The van der Waals surface area contributed by atoms with E-state index >= 15 is 0 Å². The van der Waals surface area contributed by atoms with Crippen LogP contribution in [0.15, 0.2) is 12.4 Å². The summed E-state index contributed by atoms with van der Waals surface area (Å²) in [5.74, 6) is -0.148. The van der Waals surface area contributed by atoms with Gasteiger partial charge in [-0.3, -0.25) is 4.98 Å². The molecule has 17 heavy (non-hydrogen) atoms. The molecule has 0 aliphatic rings. The Morgan fingerprint density at radius 1 is 1.65 bits per heavy atom. The Labute approximate surface area is 99.0 Å². The summed E-state index contributed by atoms with van der Waals surface area (Å²) in [6.07, 6.45) is 2.14. The molecule has 0 spiro atoms. The molecular formula is C10H16N4O3. The number of methoxy groups -OCH3 is 1. The Hall–Kier alpha value is -1.73. The third-order valence-corrected chi connectivity index (χ3v) is 2.17. The van der Waals surface area contributed by atoms with Gasteiger partial charge in [0.25, 0.3) is 0 Å². The Morgan fingerprint density at radius 3 is 2.94 bits per heavy atom. The number of aliphatic hydroxyl groups is 1. The van der Waals surface area contributed by atoms with Crippen LogP contribution in [0.25, 0.3) is 0 Å². The second-order valence-corrected chi connectivity index (χ2v) is 3.57. The van der Waals surface area contributed by atoms with Gasteiger partial charge in [0.15, 0.2) is 5.69 Å². The highest BCUT2D eigenvalue weighted by Gasteiger charge is 2.11. The largest absolute Gasteiger partial charge is 0.464 e. The maximum absolute atomic E-state index is 11.2. The monoisotopic (exact) mass is 240 g/mol. The fourth-order valence-electron chi connectivity index (χ4n) is 1.05. The van der Waals surface area contributed by atoms with E-state index in [1.165, 1.54) is 19.5 Å².